The first-order valence-corrected chi connectivity index (χ1v) is 9.52. The molecule has 0 atom stereocenters. The number of rotatable bonds is 4. The van der Waals surface area contributed by atoms with E-state index in [1.54, 1.807) is 0 Å². The molecule has 0 saturated heterocycles. The Hall–Kier alpha value is -2.60. The van der Waals surface area contributed by atoms with Crippen molar-refractivity contribution in [2.24, 2.45) is 0 Å². The fraction of sp³-hybridized carbons (Fsp3) is 0.192. The van der Waals surface area contributed by atoms with E-state index in [4.69, 9.17) is 0 Å². The molecule has 4 rings (SSSR count). The second kappa shape index (κ2) is 6.96. The van der Waals surface area contributed by atoms with Gasteiger partial charge in [0.25, 0.3) is 0 Å². The Morgan fingerprint density at radius 1 is 0.769 bits per heavy atom. The highest BCUT2D eigenvalue weighted by molar-refractivity contribution is 5.99. The second-order valence-electron chi connectivity index (χ2n) is 7.34. The summed E-state index contributed by atoms with van der Waals surface area (Å²) >= 11 is 0. The van der Waals surface area contributed by atoms with Crippen LogP contribution in [-0.2, 0) is 6.42 Å². The average molecular weight is 337 g/mol. The number of hydrogen-bond donors (Lipinski definition) is 0. The van der Waals surface area contributed by atoms with Gasteiger partial charge in [0.05, 0.1) is 0 Å². The zero-order chi connectivity index (χ0) is 18.1. The Labute approximate surface area is 157 Å². The maximum absolute atomic E-state index is 2.37. The maximum Gasteiger partial charge on any atom is 0.0211 e. The third-order valence-electron chi connectivity index (χ3n) is 5.11. The first kappa shape index (κ1) is 16.8. The van der Waals surface area contributed by atoms with Crippen molar-refractivity contribution in [3.63, 3.8) is 0 Å². The summed E-state index contributed by atoms with van der Waals surface area (Å²) in [5.41, 5.74) is 12.2. The molecule has 1 aliphatic rings. The Kier molecular flexibility index (Phi) is 4.51. The summed E-state index contributed by atoms with van der Waals surface area (Å²) in [4.78, 5) is 0. The van der Waals surface area contributed by atoms with Crippen LogP contribution in [0.1, 0.15) is 46.7 Å². The Morgan fingerprint density at radius 2 is 1.50 bits per heavy atom. The minimum Gasteiger partial charge on any atom is -0.0651 e. The van der Waals surface area contributed by atoms with E-state index in [0.717, 1.165) is 12.8 Å². The Balaban J connectivity index is 1.91. The van der Waals surface area contributed by atoms with E-state index in [1.807, 2.05) is 0 Å². The smallest absolute Gasteiger partial charge is 0.0211 e. The van der Waals surface area contributed by atoms with E-state index in [-0.39, 0.29) is 0 Å². The summed E-state index contributed by atoms with van der Waals surface area (Å²) < 4.78 is 0. The third-order valence-corrected chi connectivity index (χ3v) is 5.11. The molecule has 3 aromatic rings. The van der Waals surface area contributed by atoms with Crippen LogP contribution in [0.2, 0.25) is 0 Å². The lowest BCUT2D eigenvalue weighted by atomic mass is 9.89. The fourth-order valence-electron chi connectivity index (χ4n) is 4.06. The van der Waals surface area contributed by atoms with Gasteiger partial charge in [-0.3, -0.25) is 0 Å². The molecule has 0 aliphatic heterocycles. The second-order valence-corrected chi connectivity index (χ2v) is 7.34. The summed E-state index contributed by atoms with van der Waals surface area (Å²) in [6.07, 6.45) is 6.98. The SMILES string of the molecule is CCCc1ccc2c(c1-c1cc(C)cc(C)c1)C=C(c1ccccc1)[CH]2. The standard InChI is InChI=1S/C26H25/c1-4-8-21-11-12-22-16-23(20-9-6-5-7-10-20)17-25(22)26(21)24-14-18(2)13-19(3)15-24/h5-7,9-17H,4,8H2,1-3H3. The van der Waals surface area contributed by atoms with Gasteiger partial charge in [-0.05, 0) is 65.3 Å². The summed E-state index contributed by atoms with van der Waals surface area (Å²) in [7, 11) is 0. The van der Waals surface area contributed by atoms with Gasteiger partial charge in [-0.2, -0.15) is 0 Å². The van der Waals surface area contributed by atoms with Crippen LogP contribution in [0.15, 0.2) is 60.7 Å². The first-order valence-electron chi connectivity index (χ1n) is 9.52. The number of fused-ring (bicyclic) bond motifs is 1. The highest BCUT2D eigenvalue weighted by atomic mass is 14.2. The molecule has 129 valence electrons. The number of hydrogen-bond acceptors (Lipinski definition) is 0. The molecule has 26 heavy (non-hydrogen) atoms. The van der Waals surface area contributed by atoms with Gasteiger partial charge in [0.2, 0.25) is 0 Å². The molecule has 0 spiro atoms. The molecule has 0 unspecified atom stereocenters. The van der Waals surface area contributed by atoms with E-state index in [2.05, 4.69) is 93.9 Å². The maximum atomic E-state index is 2.37. The molecule has 0 N–H and O–H groups in total. The molecule has 3 aromatic carbocycles. The van der Waals surface area contributed by atoms with Crippen LogP contribution in [0.5, 0.6) is 0 Å². The molecule has 0 heteroatoms. The summed E-state index contributed by atoms with van der Waals surface area (Å²) in [5, 5.41) is 0. The van der Waals surface area contributed by atoms with Gasteiger partial charge < -0.3 is 0 Å². The van der Waals surface area contributed by atoms with Crippen molar-refractivity contribution >= 4 is 11.6 Å². The number of aryl methyl sites for hydroxylation is 3. The fourth-order valence-corrected chi connectivity index (χ4v) is 4.06. The minimum absolute atomic E-state index is 1.12. The lowest BCUT2D eigenvalue weighted by Crippen LogP contribution is -1.96. The predicted octanol–water partition coefficient (Wildman–Crippen LogP) is 7.03. The van der Waals surface area contributed by atoms with Crippen LogP contribution in [-0.4, -0.2) is 0 Å². The highest BCUT2D eigenvalue weighted by Gasteiger charge is 2.20. The minimum atomic E-state index is 1.12. The molecule has 0 bridgehead atoms. The first-order chi connectivity index (χ1) is 12.7. The zero-order valence-corrected chi connectivity index (χ0v) is 15.8. The molecule has 0 fully saturated rings. The molecule has 0 aromatic heterocycles. The van der Waals surface area contributed by atoms with E-state index in [1.165, 1.54) is 50.1 Å². The van der Waals surface area contributed by atoms with Gasteiger partial charge in [-0.25, -0.2) is 0 Å². The van der Waals surface area contributed by atoms with E-state index in [9.17, 15) is 0 Å². The number of benzene rings is 3. The average Bonchev–Trinajstić information content (AvgIpc) is 3.06. The zero-order valence-electron chi connectivity index (χ0n) is 15.8. The largest absolute Gasteiger partial charge is 0.0651 e. The van der Waals surface area contributed by atoms with Crippen molar-refractivity contribution in [3.05, 3.63) is 100 Å². The van der Waals surface area contributed by atoms with Gasteiger partial charge in [-0.15, -0.1) is 0 Å². The van der Waals surface area contributed by atoms with Gasteiger partial charge in [0, 0.05) is 6.42 Å². The highest BCUT2D eigenvalue weighted by Crippen LogP contribution is 2.41. The quantitative estimate of drug-likeness (QED) is 0.479. The Morgan fingerprint density at radius 3 is 2.19 bits per heavy atom. The summed E-state index contributed by atoms with van der Waals surface area (Å²) in [5.74, 6) is 0. The van der Waals surface area contributed by atoms with Crippen LogP contribution in [0.4, 0.5) is 0 Å². The van der Waals surface area contributed by atoms with Crippen LogP contribution >= 0.6 is 0 Å². The number of allylic oxidation sites excluding steroid dienone is 1. The van der Waals surface area contributed by atoms with Crippen LogP contribution in [0, 0.1) is 20.3 Å². The van der Waals surface area contributed by atoms with Crippen molar-refractivity contribution < 1.29 is 0 Å². The summed E-state index contributed by atoms with van der Waals surface area (Å²) in [6, 6.07) is 22.2. The van der Waals surface area contributed by atoms with Crippen molar-refractivity contribution in [2.75, 3.05) is 0 Å². The van der Waals surface area contributed by atoms with E-state index >= 15 is 0 Å². The van der Waals surface area contributed by atoms with Gasteiger partial charge in [0.1, 0.15) is 0 Å². The normalized spacial score (nSPS) is 12.8. The lowest BCUT2D eigenvalue weighted by molar-refractivity contribution is 0.923. The van der Waals surface area contributed by atoms with Gasteiger partial charge in [-0.1, -0.05) is 85.1 Å². The molecular weight excluding hydrogens is 312 g/mol. The third kappa shape index (κ3) is 3.12. The van der Waals surface area contributed by atoms with Crippen LogP contribution < -0.4 is 0 Å². The van der Waals surface area contributed by atoms with Crippen molar-refractivity contribution in [1.82, 2.24) is 0 Å². The monoisotopic (exact) mass is 337 g/mol. The predicted molar refractivity (Wildman–Crippen MR) is 113 cm³/mol. The molecule has 0 nitrogen and oxygen atoms in total. The molecule has 1 aliphatic carbocycles. The van der Waals surface area contributed by atoms with Gasteiger partial charge >= 0.3 is 0 Å². The lowest BCUT2D eigenvalue weighted by Gasteiger charge is -2.15. The van der Waals surface area contributed by atoms with Gasteiger partial charge in [0.15, 0.2) is 0 Å². The molecule has 1 radical (unpaired) electrons. The van der Waals surface area contributed by atoms with Crippen LogP contribution in [0.25, 0.3) is 22.8 Å². The molecular formula is C26H25. The van der Waals surface area contributed by atoms with Crippen molar-refractivity contribution in [2.45, 2.75) is 33.6 Å². The molecule has 0 saturated carbocycles. The molecule has 0 heterocycles. The van der Waals surface area contributed by atoms with Crippen molar-refractivity contribution in [3.8, 4) is 11.1 Å². The van der Waals surface area contributed by atoms with Crippen molar-refractivity contribution in [1.29, 1.82) is 0 Å². The molecule has 0 amide bonds. The van der Waals surface area contributed by atoms with Crippen LogP contribution in [0.3, 0.4) is 0 Å². The summed E-state index contributed by atoms with van der Waals surface area (Å²) in [6.45, 7) is 6.64. The topological polar surface area (TPSA) is 0 Å². The Bertz CT molecular complexity index is 954. The van der Waals surface area contributed by atoms with E-state index < -0.39 is 0 Å². The van der Waals surface area contributed by atoms with E-state index in [0.29, 0.717) is 0 Å².